The smallest absolute Gasteiger partial charge is 0.0952 e. The topological polar surface area (TPSA) is 61.7 Å². The fourth-order valence-electron chi connectivity index (χ4n) is 1.71. The summed E-state index contributed by atoms with van der Waals surface area (Å²) in [5, 5.41) is 4.14. The molecule has 1 atom stereocenters. The molecule has 5 nitrogen and oxygen atoms in total. The summed E-state index contributed by atoms with van der Waals surface area (Å²) in [6.45, 7) is 2.84. The van der Waals surface area contributed by atoms with Crippen molar-refractivity contribution in [1.82, 2.24) is 19.3 Å². The van der Waals surface area contributed by atoms with Gasteiger partial charge in [-0.05, 0) is 12.5 Å². The van der Waals surface area contributed by atoms with E-state index in [2.05, 4.69) is 21.6 Å². The van der Waals surface area contributed by atoms with Gasteiger partial charge in [0.1, 0.15) is 0 Å². The zero-order valence-corrected chi connectivity index (χ0v) is 9.67. The molecular formula is C11H17N5. The molecule has 86 valence electrons. The zero-order valence-electron chi connectivity index (χ0n) is 9.67. The highest BCUT2D eigenvalue weighted by atomic mass is 15.3. The second-order valence-corrected chi connectivity index (χ2v) is 3.91. The summed E-state index contributed by atoms with van der Waals surface area (Å²) in [4.78, 5) is 4.15. The highest BCUT2D eigenvalue weighted by Gasteiger charge is 2.10. The van der Waals surface area contributed by atoms with Gasteiger partial charge in [-0.25, -0.2) is 4.98 Å². The van der Waals surface area contributed by atoms with E-state index in [0.717, 1.165) is 24.4 Å². The normalized spacial score (nSPS) is 12.9. The Labute approximate surface area is 94.9 Å². The van der Waals surface area contributed by atoms with E-state index in [1.54, 1.807) is 6.20 Å². The molecule has 2 aromatic heterocycles. The van der Waals surface area contributed by atoms with Crippen molar-refractivity contribution in [2.75, 3.05) is 0 Å². The third-order valence-corrected chi connectivity index (χ3v) is 2.82. The van der Waals surface area contributed by atoms with Crippen molar-refractivity contribution in [2.45, 2.75) is 25.9 Å². The van der Waals surface area contributed by atoms with E-state index in [0.29, 0.717) is 0 Å². The average molecular weight is 219 g/mol. The molecule has 0 aromatic carbocycles. The minimum Gasteiger partial charge on any atom is -0.327 e. The maximum atomic E-state index is 6.02. The fourth-order valence-corrected chi connectivity index (χ4v) is 1.71. The Morgan fingerprint density at radius 3 is 2.94 bits per heavy atom. The number of hydrogen-bond acceptors (Lipinski definition) is 3. The number of aryl methyl sites for hydroxylation is 1. The predicted octanol–water partition coefficient (Wildman–Crippen LogP) is 1.07. The van der Waals surface area contributed by atoms with E-state index in [-0.39, 0.29) is 6.04 Å². The molecule has 2 heterocycles. The van der Waals surface area contributed by atoms with Crippen molar-refractivity contribution in [3.63, 3.8) is 0 Å². The lowest BCUT2D eigenvalue weighted by Gasteiger charge is -2.12. The van der Waals surface area contributed by atoms with Gasteiger partial charge in [-0.1, -0.05) is 6.92 Å². The summed E-state index contributed by atoms with van der Waals surface area (Å²) in [7, 11) is 1.94. The van der Waals surface area contributed by atoms with E-state index >= 15 is 0 Å². The van der Waals surface area contributed by atoms with Gasteiger partial charge in [-0.3, -0.25) is 4.68 Å². The Bertz CT molecular complexity index is 456. The van der Waals surface area contributed by atoms with Crippen molar-refractivity contribution >= 4 is 0 Å². The maximum Gasteiger partial charge on any atom is 0.0952 e. The van der Waals surface area contributed by atoms with Crippen LogP contribution in [0, 0.1) is 0 Å². The van der Waals surface area contributed by atoms with Gasteiger partial charge in [-0.15, -0.1) is 0 Å². The molecule has 2 rings (SSSR count). The zero-order chi connectivity index (χ0) is 11.5. The van der Waals surface area contributed by atoms with Gasteiger partial charge >= 0.3 is 0 Å². The third kappa shape index (κ3) is 1.99. The number of rotatable bonds is 4. The van der Waals surface area contributed by atoms with Gasteiger partial charge in [0.05, 0.1) is 24.3 Å². The minimum absolute atomic E-state index is 0.0516. The minimum atomic E-state index is 0.0516. The van der Waals surface area contributed by atoms with Crippen molar-refractivity contribution < 1.29 is 0 Å². The van der Waals surface area contributed by atoms with Gasteiger partial charge in [0.15, 0.2) is 0 Å². The summed E-state index contributed by atoms with van der Waals surface area (Å²) in [6, 6.07) is 2.05. The van der Waals surface area contributed by atoms with E-state index in [1.165, 1.54) is 0 Å². The standard InChI is InChI=1S/C11H17N5/c1-3-10(12)11-6-13-8-16(11)7-9-4-5-14-15(9)2/h4-6,8,10H,3,7,12H2,1-2H3/t10-/m1/s1. The van der Waals surface area contributed by atoms with Crippen LogP contribution in [0.5, 0.6) is 0 Å². The summed E-state index contributed by atoms with van der Waals surface area (Å²) < 4.78 is 3.94. The van der Waals surface area contributed by atoms with Crippen LogP contribution in [0.25, 0.3) is 0 Å². The first-order valence-electron chi connectivity index (χ1n) is 5.45. The number of aromatic nitrogens is 4. The monoisotopic (exact) mass is 219 g/mol. The van der Waals surface area contributed by atoms with Crippen LogP contribution in [0.2, 0.25) is 0 Å². The maximum absolute atomic E-state index is 6.02. The Balaban J connectivity index is 2.22. The first-order chi connectivity index (χ1) is 7.72. The van der Waals surface area contributed by atoms with Crippen LogP contribution in [-0.4, -0.2) is 19.3 Å². The highest BCUT2D eigenvalue weighted by molar-refractivity contribution is 5.09. The first kappa shape index (κ1) is 10.9. The van der Waals surface area contributed by atoms with Crippen LogP contribution < -0.4 is 5.73 Å². The first-order valence-corrected chi connectivity index (χ1v) is 5.45. The van der Waals surface area contributed by atoms with Crippen molar-refractivity contribution in [3.8, 4) is 0 Å². The molecule has 0 spiro atoms. The molecule has 0 radical (unpaired) electrons. The number of nitrogens with zero attached hydrogens (tertiary/aromatic N) is 4. The summed E-state index contributed by atoms with van der Waals surface area (Å²) in [6.07, 6.45) is 6.37. The fraction of sp³-hybridized carbons (Fsp3) is 0.455. The summed E-state index contributed by atoms with van der Waals surface area (Å²) in [5.41, 5.74) is 8.24. The molecule has 0 saturated heterocycles. The molecule has 0 fully saturated rings. The molecule has 0 aliphatic carbocycles. The molecule has 0 aliphatic rings. The summed E-state index contributed by atoms with van der Waals surface area (Å²) in [5.74, 6) is 0. The molecule has 0 aliphatic heterocycles. The molecule has 0 amide bonds. The van der Waals surface area contributed by atoms with Crippen LogP contribution in [0.4, 0.5) is 0 Å². The predicted molar refractivity (Wildman–Crippen MR) is 61.8 cm³/mol. The SMILES string of the molecule is CC[C@@H](N)c1cncn1Cc1ccnn1C. The second kappa shape index (κ2) is 4.49. The molecule has 0 bridgehead atoms. The molecular weight excluding hydrogens is 202 g/mol. The van der Waals surface area contributed by atoms with Crippen LogP contribution in [0.1, 0.15) is 30.8 Å². The van der Waals surface area contributed by atoms with Crippen molar-refractivity contribution in [2.24, 2.45) is 12.8 Å². The Morgan fingerprint density at radius 1 is 1.50 bits per heavy atom. The van der Waals surface area contributed by atoms with Crippen LogP contribution in [0.3, 0.4) is 0 Å². The average Bonchev–Trinajstić information content (AvgIpc) is 2.88. The van der Waals surface area contributed by atoms with Crippen molar-refractivity contribution in [3.05, 3.63) is 36.2 Å². The van der Waals surface area contributed by atoms with Crippen LogP contribution in [0.15, 0.2) is 24.8 Å². The van der Waals surface area contributed by atoms with E-state index in [1.807, 2.05) is 30.3 Å². The third-order valence-electron chi connectivity index (χ3n) is 2.82. The lowest BCUT2D eigenvalue weighted by molar-refractivity contribution is 0.596. The van der Waals surface area contributed by atoms with Gasteiger partial charge in [-0.2, -0.15) is 5.10 Å². The van der Waals surface area contributed by atoms with Gasteiger partial charge in [0.25, 0.3) is 0 Å². The van der Waals surface area contributed by atoms with Gasteiger partial charge in [0, 0.05) is 25.5 Å². The summed E-state index contributed by atoms with van der Waals surface area (Å²) >= 11 is 0. The van der Waals surface area contributed by atoms with E-state index < -0.39 is 0 Å². The molecule has 2 N–H and O–H groups in total. The van der Waals surface area contributed by atoms with E-state index in [4.69, 9.17) is 5.73 Å². The van der Waals surface area contributed by atoms with Gasteiger partial charge < -0.3 is 10.3 Å². The van der Waals surface area contributed by atoms with Crippen molar-refractivity contribution in [1.29, 1.82) is 0 Å². The molecule has 2 aromatic rings. The number of imidazole rings is 1. The van der Waals surface area contributed by atoms with Crippen LogP contribution >= 0.6 is 0 Å². The highest BCUT2D eigenvalue weighted by Crippen LogP contribution is 2.14. The Hall–Kier alpha value is -1.62. The van der Waals surface area contributed by atoms with Gasteiger partial charge in [0.2, 0.25) is 0 Å². The second-order valence-electron chi connectivity index (χ2n) is 3.91. The van der Waals surface area contributed by atoms with E-state index in [9.17, 15) is 0 Å². The number of nitrogens with two attached hydrogens (primary N) is 1. The van der Waals surface area contributed by atoms with Crippen LogP contribution in [-0.2, 0) is 13.6 Å². The lowest BCUT2D eigenvalue weighted by atomic mass is 10.2. The molecule has 0 saturated carbocycles. The molecule has 16 heavy (non-hydrogen) atoms. The molecule has 0 unspecified atom stereocenters. The Kier molecular flexibility index (Phi) is 3.05. The quantitative estimate of drug-likeness (QED) is 0.836. The Morgan fingerprint density at radius 2 is 2.31 bits per heavy atom. The molecule has 5 heteroatoms. The lowest BCUT2D eigenvalue weighted by Crippen LogP contribution is -2.15. The largest absolute Gasteiger partial charge is 0.327 e. The number of hydrogen-bond donors (Lipinski definition) is 1.